The van der Waals surface area contributed by atoms with Gasteiger partial charge in [-0.05, 0) is 20.8 Å². The molecule has 2 N–H and O–H groups in total. The van der Waals surface area contributed by atoms with Gasteiger partial charge in [0, 0.05) is 0 Å². The molecule has 0 aromatic rings. The van der Waals surface area contributed by atoms with E-state index in [1.54, 1.807) is 6.92 Å². The maximum absolute atomic E-state index is 10.7. The number of carbonyl (C=O) groups excluding carboxylic acids is 1. The molecule has 0 amide bonds. The fourth-order valence-corrected chi connectivity index (χ4v) is 0.380. The summed E-state index contributed by atoms with van der Waals surface area (Å²) in [7, 11) is 0. The Hall–Kier alpha value is -0.610. The zero-order valence-corrected chi connectivity index (χ0v) is 6.94. The van der Waals surface area contributed by atoms with Crippen molar-refractivity contribution in [1.82, 2.24) is 0 Å². The molecule has 4 nitrogen and oxygen atoms in total. The van der Waals surface area contributed by atoms with Crippen molar-refractivity contribution in [1.29, 1.82) is 0 Å². The number of rotatable bonds is 3. The van der Waals surface area contributed by atoms with E-state index in [9.17, 15) is 4.79 Å². The maximum Gasteiger partial charge on any atom is 0.335 e. The second-order valence-electron chi connectivity index (χ2n) is 2.56. The topological polar surface area (TPSA) is 66.8 Å². The van der Waals surface area contributed by atoms with Crippen molar-refractivity contribution >= 4 is 5.97 Å². The highest BCUT2D eigenvalue weighted by atomic mass is 16.6. The molecular formula is C7H14O4. The summed E-state index contributed by atoms with van der Waals surface area (Å²) >= 11 is 0. The van der Waals surface area contributed by atoms with Gasteiger partial charge in [0.05, 0.1) is 6.10 Å². The highest BCUT2D eigenvalue weighted by Gasteiger charge is 2.17. The van der Waals surface area contributed by atoms with E-state index >= 15 is 0 Å². The second-order valence-corrected chi connectivity index (χ2v) is 2.56. The first kappa shape index (κ1) is 10.4. The highest BCUT2D eigenvalue weighted by Crippen LogP contribution is 1.99. The quantitative estimate of drug-likeness (QED) is 0.558. The maximum atomic E-state index is 10.7. The zero-order chi connectivity index (χ0) is 9.02. The van der Waals surface area contributed by atoms with E-state index in [2.05, 4.69) is 4.74 Å². The molecule has 0 spiro atoms. The van der Waals surface area contributed by atoms with Crippen LogP contribution in [0.25, 0.3) is 0 Å². The van der Waals surface area contributed by atoms with Gasteiger partial charge in [0.1, 0.15) is 12.2 Å². The fraction of sp³-hybridized carbons (Fsp3) is 0.857. The minimum atomic E-state index is -1.13. The van der Waals surface area contributed by atoms with Crippen molar-refractivity contribution in [3.05, 3.63) is 0 Å². The molecule has 3 unspecified atom stereocenters. The van der Waals surface area contributed by atoms with Gasteiger partial charge in [0.15, 0.2) is 0 Å². The Kier molecular flexibility index (Phi) is 4.07. The van der Waals surface area contributed by atoms with E-state index in [0.717, 1.165) is 0 Å². The second kappa shape index (κ2) is 4.31. The molecule has 0 aromatic carbocycles. The fourth-order valence-electron chi connectivity index (χ4n) is 0.380. The third-order valence-corrected chi connectivity index (χ3v) is 1.32. The van der Waals surface area contributed by atoms with Gasteiger partial charge in [0.25, 0.3) is 0 Å². The van der Waals surface area contributed by atoms with Crippen LogP contribution in [0.2, 0.25) is 0 Å². The molecule has 0 aliphatic heterocycles. The van der Waals surface area contributed by atoms with Crippen molar-refractivity contribution in [2.24, 2.45) is 0 Å². The van der Waals surface area contributed by atoms with E-state index in [4.69, 9.17) is 10.2 Å². The molecular weight excluding hydrogens is 148 g/mol. The van der Waals surface area contributed by atoms with Gasteiger partial charge in [-0.15, -0.1) is 0 Å². The molecule has 11 heavy (non-hydrogen) atoms. The first-order valence-electron chi connectivity index (χ1n) is 3.51. The normalized spacial score (nSPS) is 18.6. The lowest BCUT2D eigenvalue weighted by Gasteiger charge is -2.16. The first-order chi connectivity index (χ1) is 4.95. The van der Waals surface area contributed by atoms with Crippen molar-refractivity contribution < 1.29 is 19.7 Å². The summed E-state index contributed by atoms with van der Waals surface area (Å²) in [5.74, 6) is -0.710. The molecule has 0 heterocycles. The van der Waals surface area contributed by atoms with Crippen LogP contribution in [-0.4, -0.2) is 34.5 Å². The number of aliphatic hydroxyl groups excluding tert-OH is 2. The van der Waals surface area contributed by atoms with Crippen LogP contribution in [0, 0.1) is 0 Å². The van der Waals surface area contributed by atoms with Crippen LogP contribution in [-0.2, 0) is 9.53 Å². The summed E-state index contributed by atoms with van der Waals surface area (Å²) in [6.07, 6.45) is -2.41. The molecule has 4 heteroatoms. The molecule has 0 bridgehead atoms. The predicted molar refractivity (Wildman–Crippen MR) is 38.9 cm³/mol. The Labute approximate surface area is 65.8 Å². The van der Waals surface area contributed by atoms with Crippen molar-refractivity contribution in [2.45, 2.75) is 39.1 Å². The number of carbonyl (C=O) groups is 1. The van der Waals surface area contributed by atoms with E-state index in [-0.39, 0.29) is 0 Å². The summed E-state index contributed by atoms with van der Waals surface area (Å²) in [5.41, 5.74) is 0. The lowest BCUT2D eigenvalue weighted by atomic mass is 10.2. The average Bonchev–Trinajstić information content (AvgIpc) is 1.87. The van der Waals surface area contributed by atoms with Crippen LogP contribution in [0.4, 0.5) is 0 Å². The SMILES string of the molecule is CC(O)C(=O)OC(C)C(C)O. The van der Waals surface area contributed by atoms with E-state index < -0.39 is 24.3 Å². The Morgan fingerprint density at radius 2 is 1.73 bits per heavy atom. The number of aliphatic hydroxyl groups is 2. The predicted octanol–water partition coefficient (Wildman–Crippen LogP) is -0.320. The van der Waals surface area contributed by atoms with Crippen molar-refractivity contribution in [3.8, 4) is 0 Å². The Morgan fingerprint density at radius 1 is 1.27 bits per heavy atom. The standard InChI is InChI=1S/C7H14O4/c1-4(8)6(3)11-7(10)5(2)9/h4-6,8-9H,1-3H3. The van der Waals surface area contributed by atoms with Crippen LogP contribution in [0.15, 0.2) is 0 Å². The minimum absolute atomic E-state index is 0.572. The summed E-state index contributed by atoms with van der Waals surface area (Å²) in [4.78, 5) is 10.7. The smallest absolute Gasteiger partial charge is 0.335 e. The third kappa shape index (κ3) is 3.95. The summed E-state index contributed by atoms with van der Waals surface area (Å²) < 4.78 is 4.63. The van der Waals surface area contributed by atoms with Gasteiger partial charge in [-0.3, -0.25) is 0 Å². The molecule has 0 radical (unpaired) electrons. The summed E-state index contributed by atoms with van der Waals surface area (Å²) in [6.45, 7) is 4.39. The lowest BCUT2D eigenvalue weighted by molar-refractivity contribution is -0.162. The molecule has 0 aliphatic rings. The zero-order valence-electron chi connectivity index (χ0n) is 6.94. The summed E-state index contributed by atoms with van der Waals surface area (Å²) in [5, 5.41) is 17.6. The molecule has 0 fully saturated rings. The average molecular weight is 162 g/mol. The van der Waals surface area contributed by atoms with Gasteiger partial charge in [-0.2, -0.15) is 0 Å². The van der Waals surface area contributed by atoms with Gasteiger partial charge in [-0.1, -0.05) is 0 Å². The van der Waals surface area contributed by atoms with Gasteiger partial charge < -0.3 is 14.9 Å². The Morgan fingerprint density at radius 3 is 2.00 bits per heavy atom. The number of hydrogen-bond donors (Lipinski definition) is 2. The largest absolute Gasteiger partial charge is 0.458 e. The number of hydrogen-bond acceptors (Lipinski definition) is 4. The summed E-state index contributed by atoms with van der Waals surface area (Å²) in [6, 6.07) is 0. The van der Waals surface area contributed by atoms with Gasteiger partial charge >= 0.3 is 5.97 Å². The molecule has 0 aromatic heterocycles. The molecule has 0 saturated carbocycles. The van der Waals surface area contributed by atoms with Crippen molar-refractivity contribution in [3.63, 3.8) is 0 Å². The molecule has 3 atom stereocenters. The first-order valence-corrected chi connectivity index (χ1v) is 3.51. The number of esters is 1. The Balaban J connectivity index is 3.76. The van der Waals surface area contributed by atoms with Crippen LogP contribution in [0.1, 0.15) is 20.8 Å². The van der Waals surface area contributed by atoms with Gasteiger partial charge in [-0.25, -0.2) is 4.79 Å². The molecule has 0 aliphatic carbocycles. The third-order valence-electron chi connectivity index (χ3n) is 1.32. The van der Waals surface area contributed by atoms with Crippen LogP contribution in [0.5, 0.6) is 0 Å². The minimum Gasteiger partial charge on any atom is -0.458 e. The lowest BCUT2D eigenvalue weighted by Crippen LogP contribution is -2.30. The molecule has 0 saturated heterocycles. The van der Waals surface area contributed by atoms with Crippen LogP contribution < -0.4 is 0 Å². The highest BCUT2D eigenvalue weighted by molar-refractivity contribution is 5.73. The van der Waals surface area contributed by atoms with Crippen LogP contribution >= 0.6 is 0 Å². The van der Waals surface area contributed by atoms with Crippen LogP contribution in [0.3, 0.4) is 0 Å². The van der Waals surface area contributed by atoms with E-state index in [1.165, 1.54) is 13.8 Å². The number of ether oxygens (including phenoxy) is 1. The molecule has 66 valence electrons. The van der Waals surface area contributed by atoms with E-state index in [1.807, 2.05) is 0 Å². The monoisotopic (exact) mass is 162 g/mol. The molecule has 0 rings (SSSR count). The van der Waals surface area contributed by atoms with Crippen molar-refractivity contribution in [2.75, 3.05) is 0 Å². The Bertz CT molecular complexity index is 130. The van der Waals surface area contributed by atoms with E-state index in [0.29, 0.717) is 0 Å². The van der Waals surface area contributed by atoms with Gasteiger partial charge in [0.2, 0.25) is 0 Å².